The van der Waals surface area contributed by atoms with Crippen LogP contribution < -0.4 is 10.5 Å². The number of halogens is 2. The highest BCUT2D eigenvalue weighted by Crippen LogP contribution is 2.23. The summed E-state index contributed by atoms with van der Waals surface area (Å²) in [5.41, 5.74) is 5.73. The van der Waals surface area contributed by atoms with Crippen LogP contribution in [0.25, 0.3) is 0 Å². The Balaban J connectivity index is 2.72. The number of hydrogen-bond donors (Lipinski definition) is 1. The summed E-state index contributed by atoms with van der Waals surface area (Å²) < 4.78 is 31.9. The van der Waals surface area contributed by atoms with Gasteiger partial charge in [0.05, 0.1) is 6.61 Å². The van der Waals surface area contributed by atoms with E-state index in [1.807, 2.05) is 13.8 Å². The molecule has 0 fully saturated rings. The van der Waals surface area contributed by atoms with Crippen LogP contribution in [-0.2, 0) is 6.54 Å². The topological polar surface area (TPSA) is 35.2 Å². The van der Waals surface area contributed by atoms with Gasteiger partial charge in [0.25, 0.3) is 0 Å². The number of ether oxygens (including phenoxy) is 1. The zero-order valence-corrected chi connectivity index (χ0v) is 9.59. The Kier molecular flexibility index (Phi) is 4.68. The predicted octanol–water partition coefficient (Wildman–Crippen LogP) is 2.85. The van der Waals surface area contributed by atoms with Crippen molar-refractivity contribution in [2.75, 3.05) is 6.61 Å². The van der Waals surface area contributed by atoms with Crippen LogP contribution in [0.2, 0.25) is 0 Å². The maximum Gasteiger partial charge on any atom is 0.190 e. The van der Waals surface area contributed by atoms with E-state index in [4.69, 9.17) is 10.5 Å². The lowest BCUT2D eigenvalue weighted by atomic mass is 10.1. The molecule has 0 heterocycles. The van der Waals surface area contributed by atoms with Gasteiger partial charge >= 0.3 is 0 Å². The van der Waals surface area contributed by atoms with Crippen molar-refractivity contribution in [2.24, 2.45) is 11.7 Å². The van der Waals surface area contributed by atoms with Crippen molar-refractivity contribution >= 4 is 0 Å². The van der Waals surface area contributed by atoms with Gasteiger partial charge in [-0.2, -0.15) is 0 Å². The highest BCUT2D eigenvalue weighted by molar-refractivity contribution is 5.31. The summed E-state index contributed by atoms with van der Waals surface area (Å²) in [6.07, 6.45) is 0.761. The molecule has 0 unspecified atom stereocenters. The minimum atomic E-state index is -0.691. The fourth-order valence-corrected chi connectivity index (χ4v) is 1.26. The summed E-state index contributed by atoms with van der Waals surface area (Å²) in [6, 6.07) is 2.40. The van der Waals surface area contributed by atoms with E-state index in [1.54, 1.807) is 0 Å². The second kappa shape index (κ2) is 5.80. The molecule has 90 valence electrons. The molecule has 0 bridgehead atoms. The molecule has 0 aliphatic rings. The maximum atomic E-state index is 13.4. The Labute approximate surface area is 94.4 Å². The van der Waals surface area contributed by atoms with Gasteiger partial charge in [0.1, 0.15) is 0 Å². The first-order chi connectivity index (χ1) is 7.54. The highest BCUT2D eigenvalue weighted by Gasteiger charge is 2.12. The van der Waals surface area contributed by atoms with Gasteiger partial charge in [-0.05, 0) is 30.0 Å². The number of hydrogen-bond acceptors (Lipinski definition) is 2. The molecule has 0 atom stereocenters. The van der Waals surface area contributed by atoms with Crippen LogP contribution in [0.4, 0.5) is 8.78 Å². The van der Waals surface area contributed by atoms with Crippen LogP contribution in [0.1, 0.15) is 25.8 Å². The van der Waals surface area contributed by atoms with E-state index in [-0.39, 0.29) is 12.3 Å². The molecule has 0 saturated carbocycles. The van der Waals surface area contributed by atoms with Crippen molar-refractivity contribution < 1.29 is 13.5 Å². The first-order valence-electron chi connectivity index (χ1n) is 5.35. The van der Waals surface area contributed by atoms with Gasteiger partial charge in [-0.3, -0.25) is 0 Å². The molecule has 1 aromatic carbocycles. The van der Waals surface area contributed by atoms with Crippen LogP contribution in [0.15, 0.2) is 12.1 Å². The van der Waals surface area contributed by atoms with E-state index < -0.39 is 11.6 Å². The van der Waals surface area contributed by atoms with E-state index >= 15 is 0 Å². The van der Waals surface area contributed by atoms with Crippen molar-refractivity contribution in [3.63, 3.8) is 0 Å². The fourth-order valence-electron chi connectivity index (χ4n) is 1.26. The number of nitrogens with two attached hydrogens (primary N) is 1. The first kappa shape index (κ1) is 12.9. The number of rotatable bonds is 5. The van der Waals surface area contributed by atoms with Crippen LogP contribution in [0.3, 0.4) is 0 Å². The Morgan fingerprint density at radius 2 is 1.81 bits per heavy atom. The molecule has 0 radical (unpaired) electrons. The van der Waals surface area contributed by atoms with Crippen molar-refractivity contribution in [3.8, 4) is 5.75 Å². The van der Waals surface area contributed by atoms with E-state index in [2.05, 4.69) is 0 Å². The van der Waals surface area contributed by atoms with Crippen molar-refractivity contribution in [2.45, 2.75) is 26.8 Å². The third-order valence-corrected chi connectivity index (χ3v) is 2.24. The third kappa shape index (κ3) is 3.45. The average Bonchev–Trinajstić information content (AvgIpc) is 2.21. The van der Waals surface area contributed by atoms with Crippen molar-refractivity contribution in [1.29, 1.82) is 0 Å². The minimum Gasteiger partial charge on any atom is -0.488 e. The molecule has 1 aromatic rings. The molecule has 0 aromatic heterocycles. The van der Waals surface area contributed by atoms with Gasteiger partial charge in [-0.25, -0.2) is 8.78 Å². The predicted molar refractivity (Wildman–Crippen MR) is 59.2 cm³/mol. The Morgan fingerprint density at radius 3 is 2.25 bits per heavy atom. The van der Waals surface area contributed by atoms with Gasteiger partial charge in [0.2, 0.25) is 0 Å². The molecule has 2 nitrogen and oxygen atoms in total. The summed E-state index contributed by atoms with van der Waals surface area (Å²) in [5, 5.41) is 0. The molecular formula is C12H17F2NO. The highest BCUT2D eigenvalue weighted by atomic mass is 19.1. The van der Waals surface area contributed by atoms with Crippen LogP contribution in [0.5, 0.6) is 5.75 Å². The molecule has 0 amide bonds. The summed E-state index contributed by atoms with van der Waals surface area (Å²) in [4.78, 5) is 0. The van der Waals surface area contributed by atoms with Gasteiger partial charge < -0.3 is 10.5 Å². The van der Waals surface area contributed by atoms with E-state index in [0.717, 1.165) is 6.42 Å². The van der Waals surface area contributed by atoms with Crippen LogP contribution >= 0.6 is 0 Å². The van der Waals surface area contributed by atoms with Crippen molar-refractivity contribution in [1.82, 2.24) is 0 Å². The maximum absolute atomic E-state index is 13.4. The normalized spacial score (nSPS) is 10.9. The Bertz CT molecular complexity index is 330. The smallest absolute Gasteiger partial charge is 0.190 e. The molecule has 0 saturated heterocycles. The average molecular weight is 229 g/mol. The van der Waals surface area contributed by atoms with Gasteiger partial charge in [0, 0.05) is 6.54 Å². The van der Waals surface area contributed by atoms with Gasteiger partial charge in [0.15, 0.2) is 17.4 Å². The van der Waals surface area contributed by atoms with E-state index in [1.165, 1.54) is 12.1 Å². The number of benzene rings is 1. The molecule has 2 N–H and O–H groups in total. The van der Waals surface area contributed by atoms with Crippen LogP contribution in [-0.4, -0.2) is 6.61 Å². The second-order valence-electron chi connectivity index (χ2n) is 4.12. The lowest BCUT2D eigenvalue weighted by Gasteiger charge is -2.10. The van der Waals surface area contributed by atoms with Gasteiger partial charge in [-0.15, -0.1) is 0 Å². The quantitative estimate of drug-likeness (QED) is 0.842. The summed E-state index contributed by atoms with van der Waals surface area (Å²) in [7, 11) is 0. The molecule has 4 heteroatoms. The van der Waals surface area contributed by atoms with Gasteiger partial charge in [-0.1, -0.05) is 13.8 Å². The largest absolute Gasteiger partial charge is 0.488 e. The van der Waals surface area contributed by atoms with Crippen LogP contribution in [0, 0.1) is 17.6 Å². The zero-order chi connectivity index (χ0) is 12.1. The lowest BCUT2D eigenvalue weighted by Crippen LogP contribution is -2.06. The SMILES string of the molecule is CC(C)CCOc1c(F)cc(CN)cc1F. The fraction of sp³-hybridized carbons (Fsp3) is 0.500. The first-order valence-corrected chi connectivity index (χ1v) is 5.35. The zero-order valence-electron chi connectivity index (χ0n) is 9.59. The third-order valence-electron chi connectivity index (χ3n) is 2.24. The molecular weight excluding hydrogens is 212 g/mol. The minimum absolute atomic E-state index is 0.111. The monoisotopic (exact) mass is 229 g/mol. The van der Waals surface area contributed by atoms with E-state index in [9.17, 15) is 8.78 Å². The van der Waals surface area contributed by atoms with E-state index in [0.29, 0.717) is 18.1 Å². The lowest BCUT2D eigenvalue weighted by molar-refractivity contribution is 0.263. The van der Waals surface area contributed by atoms with Crippen molar-refractivity contribution in [3.05, 3.63) is 29.3 Å². The summed E-state index contributed by atoms with van der Waals surface area (Å²) in [5.74, 6) is -1.25. The molecule has 16 heavy (non-hydrogen) atoms. The Morgan fingerprint density at radius 1 is 1.25 bits per heavy atom. The second-order valence-corrected chi connectivity index (χ2v) is 4.12. The summed E-state index contributed by atoms with van der Waals surface area (Å²) in [6.45, 7) is 4.47. The summed E-state index contributed by atoms with van der Waals surface area (Å²) >= 11 is 0. The standard InChI is InChI=1S/C12H17F2NO/c1-8(2)3-4-16-12-10(13)5-9(7-15)6-11(12)14/h5-6,8H,3-4,7,15H2,1-2H3. The molecule has 0 spiro atoms. The molecule has 0 aliphatic heterocycles. The molecule has 0 aliphatic carbocycles. The Hall–Kier alpha value is -1.16. The molecule has 1 rings (SSSR count).